The molecule has 0 bridgehead atoms. The van der Waals surface area contributed by atoms with Crippen LogP contribution in [0, 0.1) is 0 Å². The summed E-state index contributed by atoms with van der Waals surface area (Å²) in [6, 6.07) is 3.35. The molecule has 0 aliphatic carbocycles. The second-order valence-corrected chi connectivity index (χ2v) is 6.57. The first kappa shape index (κ1) is 18.5. The number of hydrogen-bond acceptors (Lipinski definition) is 6. The van der Waals surface area contributed by atoms with Crippen LogP contribution in [0.5, 0.6) is 0 Å². The van der Waals surface area contributed by atoms with Crippen molar-refractivity contribution < 1.29 is 9.53 Å². The average Bonchev–Trinajstić information content (AvgIpc) is 2.90. The van der Waals surface area contributed by atoms with Gasteiger partial charge in [-0.2, -0.15) is 0 Å². The maximum Gasteiger partial charge on any atom is 0.343 e. The lowest BCUT2D eigenvalue weighted by molar-refractivity contribution is -0.115. The first-order valence-corrected chi connectivity index (χ1v) is 8.51. The highest BCUT2D eigenvalue weighted by Gasteiger charge is 2.19. The summed E-state index contributed by atoms with van der Waals surface area (Å²) in [6.07, 6.45) is 2.22. The van der Waals surface area contributed by atoms with E-state index in [9.17, 15) is 9.59 Å². The molecule has 0 spiro atoms. The van der Waals surface area contributed by atoms with E-state index >= 15 is 0 Å². The zero-order chi connectivity index (χ0) is 17.5. The molecule has 0 saturated heterocycles. The van der Waals surface area contributed by atoms with E-state index in [1.165, 1.54) is 16.3 Å². The molecule has 10 heteroatoms. The van der Waals surface area contributed by atoms with Crippen molar-refractivity contribution in [3.8, 4) is 0 Å². The molecule has 2 rings (SSSR count). The Balaban J connectivity index is 2.01. The van der Waals surface area contributed by atoms with E-state index in [0.29, 0.717) is 30.4 Å². The fourth-order valence-corrected chi connectivity index (χ4v) is 2.93. The fourth-order valence-electron chi connectivity index (χ4n) is 1.88. The SMILES string of the molecule is COCCCn1c(S[C@H](C)C(=O)Nc2cccnc2Cl)n[nH]c1=O. The standard InChI is InChI=1S/C14H18ClN5O3S/c1-9(12(21)17-10-5-3-6-16-11(10)15)24-14-19-18-13(22)20(14)7-4-8-23-2/h3,5-6,9H,4,7-8H2,1-2H3,(H,17,21)(H,18,22)/t9-/m1/s1. The number of H-pyrrole nitrogens is 1. The van der Waals surface area contributed by atoms with Crippen LogP contribution in [0.1, 0.15) is 13.3 Å². The van der Waals surface area contributed by atoms with Crippen molar-refractivity contribution in [2.45, 2.75) is 30.3 Å². The lowest BCUT2D eigenvalue weighted by Crippen LogP contribution is -2.24. The normalized spacial score (nSPS) is 12.1. The number of aromatic nitrogens is 4. The van der Waals surface area contributed by atoms with Gasteiger partial charge in [0.25, 0.3) is 0 Å². The lowest BCUT2D eigenvalue weighted by atomic mass is 10.4. The highest BCUT2D eigenvalue weighted by atomic mass is 35.5. The second-order valence-electron chi connectivity index (χ2n) is 4.90. The van der Waals surface area contributed by atoms with E-state index in [-0.39, 0.29) is 16.8 Å². The van der Waals surface area contributed by atoms with E-state index in [1.807, 2.05) is 0 Å². The number of halogens is 1. The first-order chi connectivity index (χ1) is 11.5. The second kappa shape index (κ2) is 8.86. The van der Waals surface area contributed by atoms with Gasteiger partial charge in [-0.15, -0.1) is 5.10 Å². The molecular weight excluding hydrogens is 354 g/mol. The quantitative estimate of drug-likeness (QED) is 0.416. The average molecular weight is 372 g/mol. The lowest BCUT2D eigenvalue weighted by Gasteiger charge is -2.12. The van der Waals surface area contributed by atoms with Crippen LogP contribution in [-0.4, -0.2) is 44.6 Å². The number of aromatic amines is 1. The van der Waals surface area contributed by atoms with Crippen molar-refractivity contribution in [2.24, 2.45) is 0 Å². The van der Waals surface area contributed by atoms with Gasteiger partial charge in [0, 0.05) is 26.5 Å². The Bertz CT molecular complexity index is 748. The number of amides is 1. The fraction of sp³-hybridized carbons (Fsp3) is 0.429. The molecule has 0 saturated carbocycles. The van der Waals surface area contributed by atoms with Crippen LogP contribution in [0.15, 0.2) is 28.3 Å². The summed E-state index contributed by atoms with van der Waals surface area (Å²) in [5.74, 6) is -0.256. The van der Waals surface area contributed by atoms with Crippen LogP contribution in [0.25, 0.3) is 0 Å². The van der Waals surface area contributed by atoms with E-state index in [0.717, 1.165) is 0 Å². The van der Waals surface area contributed by atoms with E-state index in [4.69, 9.17) is 16.3 Å². The maximum absolute atomic E-state index is 12.3. The maximum atomic E-state index is 12.3. The molecule has 1 atom stereocenters. The smallest absolute Gasteiger partial charge is 0.343 e. The summed E-state index contributed by atoms with van der Waals surface area (Å²) in [4.78, 5) is 28.0. The van der Waals surface area contributed by atoms with Gasteiger partial charge in [0.2, 0.25) is 5.91 Å². The van der Waals surface area contributed by atoms with Gasteiger partial charge in [0.1, 0.15) is 0 Å². The number of rotatable bonds is 8. The highest BCUT2D eigenvalue weighted by molar-refractivity contribution is 8.00. The minimum atomic E-state index is -0.474. The molecule has 8 nitrogen and oxygen atoms in total. The molecule has 0 aliphatic rings. The van der Waals surface area contributed by atoms with Crippen LogP contribution in [-0.2, 0) is 16.1 Å². The van der Waals surface area contributed by atoms with Crippen molar-refractivity contribution in [3.63, 3.8) is 0 Å². The van der Waals surface area contributed by atoms with Crippen LogP contribution >= 0.6 is 23.4 Å². The van der Waals surface area contributed by atoms with Crippen LogP contribution in [0.3, 0.4) is 0 Å². The number of nitrogens with one attached hydrogen (secondary N) is 2. The minimum absolute atomic E-state index is 0.222. The Morgan fingerprint density at radius 3 is 3.08 bits per heavy atom. The van der Waals surface area contributed by atoms with Crippen molar-refractivity contribution in [3.05, 3.63) is 34.0 Å². The molecule has 2 aromatic heterocycles. The Kier molecular flexibility index (Phi) is 6.83. The Labute approximate surface area is 148 Å². The molecule has 2 aromatic rings. The third kappa shape index (κ3) is 4.83. The third-order valence-corrected chi connectivity index (χ3v) is 4.51. The highest BCUT2D eigenvalue weighted by Crippen LogP contribution is 2.23. The molecule has 0 radical (unpaired) electrons. The number of carbonyl (C=O) groups excluding carboxylic acids is 1. The number of nitrogens with zero attached hydrogens (tertiary/aromatic N) is 3. The zero-order valence-corrected chi connectivity index (χ0v) is 14.9. The number of carbonyl (C=O) groups is 1. The summed E-state index contributed by atoms with van der Waals surface area (Å²) in [5.41, 5.74) is 0.132. The van der Waals surface area contributed by atoms with Gasteiger partial charge >= 0.3 is 5.69 Å². The number of methoxy groups -OCH3 is 1. The van der Waals surface area contributed by atoms with Gasteiger partial charge in [-0.1, -0.05) is 23.4 Å². The van der Waals surface area contributed by atoms with Gasteiger partial charge in [0.15, 0.2) is 10.3 Å². The third-order valence-electron chi connectivity index (χ3n) is 3.12. The number of pyridine rings is 1. The molecule has 1 amide bonds. The molecule has 0 fully saturated rings. The topological polar surface area (TPSA) is 102 Å². The summed E-state index contributed by atoms with van der Waals surface area (Å²) in [7, 11) is 1.60. The van der Waals surface area contributed by atoms with Crippen molar-refractivity contribution >= 4 is 35.0 Å². The summed E-state index contributed by atoms with van der Waals surface area (Å²) >= 11 is 7.11. The number of thioether (sulfide) groups is 1. The minimum Gasteiger partial charge on any atom is -0.385 e. The van der Waals surface area contributed by atoms with Gasteiger partial charge in [-0.25, -0.2) is 14.9 Å². The molecule has 0 aromatic carbocycles. The van der Waals surface area contributed by atoms with Gasteiger partial charge in [-0.3, -0.25) is 9.36 Å². The summed E-state index contributed by atoms with van der Waals surface area (Å²) in [5, 5.41) is 9.28. The molecule has 24 heavy (non-hydrogen) atoms. The van der Waals surface area contributed by atoms with Crippen molar-refractivity contribution in [1.82, 2.24) is 19.7 Å². The molecule has 0 aliphatic heterocycles. The number of ether oxygens (including phenoxy) is 1. The van der Waals surface area contributed by atoms with Gasteiger partial charge in [0.05, 0.1) is 10.9 Å². The zero-order valence-electron chi connectivity index (χ0n) is 13.3. The van der Waals surface area contributed by atoms with Crippen LogP contribution < -0.4 is 11.0 Å². The van der Waals surface area contributed by atoms with E-state index in [1.54, 1.807) is 32.4 Å². The monoisotopic (exact) mass is 371 g/mol. The largest absolute Gasteiger partial charge is 0.385 e. The Morgan fingerprint density at radius 1 is 1.58 bits per heavy atom. The van der Waals surface area contributed by atoms with Gasteiger partial charge in [-0.05, 0) is 25.5 Å². The van der Waals surface area contributed by atoms with Crippen molar-refractivity contribution in [1.29, 1.82) is 0 Å². The van der Waals surface area contributed by atoms with Gasteiger partial charge < -0.3 is 10.1 Å². The number of hydrogen-bond donors (Lipinski definition) is 2. The predicted octanol–water partition coefficient (Wildman–Crippen LogP) is 1.78. The van der Waals surface area contributed by atoms with E-state index in [2.05, 4.69) is 20.5 Å². The van der Waals surface area contributed by atoms with Crippen LogP contribution in [0.2, 0.25) is 5.15 Å². The molecule has 130 valence electrons. The van der Waals surface area contributed by atoms with E-state index < -0.39 is 5.25 Å². The van der Waals surface area contributed by atoms with Crippen LogP contribution in [0.4, 0.5) is 5.69 Å². The molecular formula is C14H18ClN5O3S. The summed E-state index contributed by atoms with van der Waals surface area (Å²) < 4.78 is 6.47. The Morgan fingerprint density at radius 2 is 2.38 bits per heavy atom. The molecule has 0 unspecified atom stereocenters. The number of anilines is 1. The molecule has 2 heterocycles. The molecule has 2 N–H and O–H groups in total. The van der Waals surface area contributed by atoms with Crippen molar-refractivity contribution in [2.75, 3.05) is 19.0 Å². The predicted molar refractivity (Wildman–Crippen MR) is 92.5 cm³/mol. The first-order valence-electron chi connectivity index (χ1n) is 7.25. The Hall–Kier alpha value is -1.84. The summed E-state index contributed by atoms with van der Waals surface area (Å²) in [6.45, 7) is 2.73.